The zero-order chi connectivity index (χ0) is 11.3. The molecule has 2 N–H and O–H groups in total. The molecule has 0 spiro atoms. The summed E-state index contributed by atoms with van der Waals surface area (Å²) in [6.45, 7) is 1.74. The molecule has 80 valence electrons. The number of rotatable bonds is 3. The maximum Gasteiger partial charge on any atom is 0.126 e. The maximum atomic E-state index is 12.9. The highest BCUT2D eigenvalue weighted by atomic mass is 19.1. The Morgan fingerprint density at radius 1 is 1.27 bits per heavy atom. The van der Waals surface area contributed by atoms with Crippen LogP contribution in [0.3, 0.4) is 0 Å². The molecule has 0 bridgehead atoms. The summed E-state index contributed by atoms with van der Waals surface area (Å²) in [7, 11) is 0. The third-order valence-electron chi connectivity index (χ3n) is 2.07. The van der Waals surface area contributed by atoms with E-state index in [0.29, 0.717) is 18.4 Å². The Hall–Kier alpha value is -1.40. The van der Waals surface area contributed by atoms with Crippen LogP contribution in [0.15, 0.2) is 18.2 Å². The van der Waals surface area contributed by atoms with Crippen LogP contribution in [-0.4, -0.2) is 0 Å². The molecular weight excluding hydrogens is 196 g/mol. The molecule has 0 aliphatic carbocycles. The summed E-state index contributed by atoms with van der Waals surface area (Å²) in [5.41, 5.74) is 6.25. The lowest BCUT2D eigenvalue weighted by Crippen LogP contribution is -2.10. The Kier molecular flexibility index (Phi) is 4.26. The Morgan fingerprint density at radius 2 is 1.87 bits per heavy atom. The minimum Gasteiger partial charge on any atom is -0.324 e. The monoisotopic (exact) mass is 209 g/mol. The lowest BCUT2D eigenvalue weighted by Gasteiger charge is -2.10. The van der Waals surface area contributed by atoms with Crippen molar-refractivity contribution in [3.63, 3.8) is 0 Å². The Bertz CT molecular complexity index is 370. The van der Waals surface area contributed by atoms with Crippen molar-refractivity contribution in [1.29, 1.82) is 0 Å². The number of nitrogens with two attached hydrogens (primary N) is 1. The quantitative estimate of drug-likeness (QED) is 0.761. The summed E-state index contributed by atoms with van der Waals surface area (Å²) >= 11 is 0. The van der Waals surface area contributed by atoms with Crippen LogP contribution in [0.1, 0.15) is 31.4 Å². The normalized spacial score (nSPS) is 11.7. The Balaban J connectivity index is 2.71. The predicted octanol–water partition coefficient (Wildman–Crippen LogP) is 2.77. The lowest BCUT2D eigenvalue weighted by molar-refractivity contribution is 0.569. The first-order valence-corrected chi connectivity index (χ1v) is 4.74. The van der Waals surface area contributed by atoms with E-state index in [-0.39, 0.29) is 6.04 Å². The first kappa shape index (κ1) is 11.7. The molecule has 1 aromatic carbocycles. The summed E-state index contributed by atoms with van der Waals surface area (Å²) in [5.74, 6) is 4.41. The van der Waals surface area contributed by atoms with Crippen LogP contribution >= 0.6 is 0 Å². The summed E-state index contributed by atoms with van der Waals surface area (Å²) in [6, 6.07) is 2.98. The van der Waals surface area contributed by atoms with Gasteiger partial charge in [-0.15, -0.1) is 11.8 Å². The molecule has 1 atom stereocenters. The number of benzene rings is 1. The van der Waals surface area contributed by atoms with Crippen LogP contribution in [0, 0.1) is 23.5 Å². The van der Waals surface area contributed by atoms with Gasteiger partial charge in [-0.2, -0.15) is 0 Å². The van der Waals surface area contributed by atoms with Crippen molar-refractivity contribution in [3.05, 3.63) is 35.4 Å². The second kappa shape index (κ2) is 5.47. The second-order valence-electron chi connectivity index (χ2n) is 3.27. The van der Waals surface area contributed by atoms with Gasteiger partial charge in [-0.25, -0.2) is 8.78 Å². The van der Waals surface area contributed by atoms with Gasteiger partial charge in [0.25, 0.3) is 0 Å². The van der Waals surface area contributed by atoms with Crippen molar-refractivity contribution >= 4 is 0 Å². The lowest BCUT2D eigenvalue weighted by atomic mass is 10.0. The molecule has 0 aromatic heterocycles. The molecular formula is C12H13F2N. The van der Waals surface area contributed by atoms with Crippen LogP contribution in [0.5, 0.6) is 0 Å². The molecule has 0 aliphatic rings. The van der Waals surface area contributed by atoms with E-state index in [2.05, 4.69) is 11.8 Å². The first-order valence-electron chi connectivity index (χ1n) is 4.74. The summed E-state index contributed by atoms with van der Waals surface area (Å²) < 4.78 is 25.7. The van der Waals surface area contributed by atoms with E-state index in [0.717, 1.165) is 6.07 Å². The summed E-state index contributed by atoms with van der Waals surface area (Å²) in [6.07, 6.45) is 1.24. The van der Waals surface area contributed by atoms with Crippen LogP contribution in [0.25, 0.3) is 0 Å². The molecule has 0 fully saturated rings. The number of hydrogen-bond donors (Lipinski definition) is 1. The topological polar surface area (TPSA) is 26.0 Å². The van der Waals surface area contributed by atoms with Gasteiger partial charge in [-0.05, 0) is 31.0 Å². The Labute approximate surface area is 88.3 Å². The number of halogens is 2. The second-order valence-corrected chi connectivity index (χ2v) is 3.27. The molecule has 0 saturated carbocycles. The molecule has 0 radical (unpaired) electrons. The summed E-state index contributed by atoms with van der Waals surface area (Å²) in [4.78, 5) is 0. The van der Waals surface area contributed by atoms with Gasteiger partial charge >= 0.3 is 0 Å². The summed E-state index contributed by atoms with van der Waals surface area (Å²) in [5, 5.41) is 0. The highest BCUT2D eigenvalue weighted by Gasteiger charge is 2.08. The van der Waals surface area contributed by atoms with Gasteiger partial charge < -0.3 is 5.73 Å². The van der Waals surface area contributed by atoms with Crippen molar-refractivity contribution in [2.75, 3.05) is 0 Å². The van der Waals surface area contributed by atoms with E-state index in [9.17, 15) is 8.78 Å². The fraction of sp³-hybridized carbons (Fsp3) is 0.333. The molecule has 1 rings (SSSR count). The third kappa shape index (κ3) is 3.69. The van der Waals surface area contributed by atoms with Crippen LogP contribution < -0.4 is 5.73 Å². The maximum absolute atomic E-state index is 12.9. The third-order valence-corrected chi connectivity index (χ3v) is 2.07. The van der Waals surface area contributed by atoms with Gasteiger partial charge in [0.15, 0.2) is 0 Å². The van der Waals surface area contributed by atoms with E-state index < -0.39 is 11.6 Å². The first-order chi connectivity index (χ1) is 7.13. The van der Waals surface area contributed by atoms with Crippen LogP contribution in [-0.2, 0) is 0 Å². The van der Waals surface area contributed by atoms with E-state index in [1.165, 1.54) is 12.1 Å². The predicted molar refractivity (Wildman–Crippen MR) is 56.0 cm³/mol. The van der Waals surface area contributed by atoms with Crippen molar-refractivity contribution in [2.24, 2.45) is 5.73 Å². The highest BCUT2D eigenvalue weighted by Crippen LogP contribution is 2.18. The van der Waals surface area contributed by atoms with Crippen molar-refractivity contribution < 1.29 is 8.78 Å². The van der Waals surface area contributed by atoms with E-state index in [1.807, 2.05) is 0 Å². The SMILES string of the molecule is CC#CCCC(N)c1cc(F)cc(F)c1. The van der Waals surface area contributed by atoms with Gasteiger partial charge in [0, 0.05) is 18.5 Å². The van der Waals surface area contributed by atoms with Crippen LogP contribution in [0.2, 0.25) is 0 Å². The van der Waals surface area contributed by atoms with Gasteiger partial charge in [-0.1, -0.05) is 0 Å². The van der Waals surface area contributed by atoms with E-state index >= 15 is 0 Å². The smallest absolute Gasteiger partial charge is 0.126 e. The molecule has 1 aromatic rings. The van der Waals surface area contributed by atoms with Gasteiger partial charge in [-0.3, -0.25) is 0 Å². The molecule has 1 nitrogen and oxygen atoms in total. The van der Waals surface area contributed by atoms with Gasteiger partial charge in [0.05, 0.1) is 0 Å². The largest absolute Gasteiger partial charge is 0.324 e. The van der Waals surface area contributed by atoms with Crippen molar-refractivity contribution in [3.8, 4) is 11.8 Å². The molecule has 1 unspecified atom stereocenters. The number of hydrogen-bond acceptors (Lipinski definition) is 1. The zero-order valence-corrected chi connectivity index (χ0v) is 8.56. The molecule has 0 heterocycles. The molecule has 0 aliphatic heterocycles. The molecule has 15 heavy (non-hydrogen) atoms. The fourth-order valence-corrected chi connectivity index (χ4v) is 1.31. The zero-order valence-electron chi connectivity index (χ0n) is 8.56. The minimum atomic E-state index is -0.595. The van der Waals surface area contributed by atoms with Crippen molar-refractivity contribution in [1.82, 2.24) is 0 Å². The van der Waals surface area contributed by atoms with Gasteiger partial charge in [0.1, 0.15) is 11.6 Å². The van der Waals surface area contributed by atoms with E-state index in [4.69, 9.17) is 5.73 Å². The van der Waals surface area contributed by atoms with Crippen LogP contribution in [0.4, 0.5) is 8.78 Å². The minimum absolute atomic E-state index is 0.365. The standard InChI is InChI=1S/C12H13F2N/c1-2-3-4-5-12(15)9-6-10(13)8-11(14)7-9/h6-8,12H,4-5,15H2,1H3. The molecule has 0 amide bonds. The average molecular weight is 209 g/mol. The van der Waals surface area contributed by atoms with Gasteiger partial charge in [0.2, 0.25) is 0 Å². The fourth-order valence-electron chi connectivity index (χ4n) is 1.31. The molecule has 0 saturated heterocycles. The molecule has 3 heteroatoms. The average Bonchev–Trinajstić information content (AvgIpc) is 2.16. The van der Waals surface area contributed by atoms with Crippen molar-refractivity contribution in [2.45, 2.75) is 25.8 Å². The van der Waals surface area contributed by atoms with E-state index in [1.54, 1.807) is 6.92 Å². The Morgan fingerprint density at radius 3 is 2.40 bits per heavy atom. The highest BCUT2D eigenvalue weighted by molar-refractivity contribution is 5.21.